The molecule has 0 bridgehead atoms. The second-order valence-electron chi connectivity index (χ2n) is 3.95. The summed E-state index contributed by atoms with van der Waals surface area (Å²) in [5, 5.41) is 8.00. The predicted molar refractivity (Wildman–Crippen MR) is 73.7 cm³/mol. The molecule has 3 N–H and O–H groups in total. The van der Waals surface area contributed by atoms with Gasteiger partial charge in [0, 0.05) is 10.6 Å². The number of ether oxygens (including phenoxy) is 1. The van der Waals surface area contributed by atoms with Crippen LogP contribution in [-0.2, 0) is 0 Å². The molecule has 0 fully saturated rings. The number of amidine groups is 1. The fraction of sp³-hybridized carbons (Fsp3) is 0.0714. The maximum Gasteiger partial charge on any atom is 0.130 e. The van der Waals surface area contributed by atoms with Crippen molar-refractivity contribution >= 4 is 17.4 Å². The molecule has 0 heterocycles. The van der Waals surface area contributed by atoms with Gasteiger partial charge in [0.25, 0.3) is 0 Å². The molecule has 0 radical (unpaired) electrons. The SMILES string of the molecule is Cc1cc(C(=N)N)ccc1Oc1cccc(Cl)c1. The zero-order chi connectivity index (χ0) is 13.1. The summed E-state index contributed by atoms with van der Waals surface area (Å²) in [6, 6.07) is 12.6. The van der Waals surface area contributed by atoms with E-state index in [1.165, 1.54) is 0 Å². The molecule has 3 nitrogen and oxygen atoms in total. The first-order valence-electron chi connectivity index (χ1n) is 5.45. The van der Waals surface area contributed by atoms with Gasteiger partial charge in [-0.3, -0.25) is 5.41 Å². The molecule has 92 valence electrons. The number of hydrogen-bond donors (Lipinski definition) is 2. The smallest absolute Gasteiger partial charge is 0.130 e. The van der Waals surface area contributed by atoms with Gasteiger partial charge in [0.15, 0.2) is 0 Å². The van der Waals surface area contributed by atoms with Crippen molar-refractivity contribution < 1.29 is 4.74 Å². The highest BCUT2D eigenvalue weighted by Gasteiger charge is 2.04. The van der Waals surface area contributed by atoms with E-state index in [1.807, 2.05) is 25.1 Å². The Hall–Kier alpha value is -2.00. The van der Waals surface area contributed by atoms with E-state index in [1.54, 1.807) is 24.3 Å². The zero-order valence-electron chi connectivity index (χ0n) is 9.91. The van der Waals surface area contributed by atoms with Crippen molar-refractivity contribution in [3.63, 3.8) is 0 Å². The molecule has 0 spiro atoms. The lowest BCUT2D eigenvalue weighted by molar-refractivity contribution is 0.479. The van der Waals surface area contributed by atoms with Crippen molar-refractivity contribution in [1.29, 1.82) is 5.41 Å². The Bertz CT molecular complexity index is 596. The van der Waals surface area contributed by atoms with Crippen molar-refractivity contribution in [1.82, 2.24) is 0 Å². The first-order chi connectivity index (χ1) is 8.56. The van der Waals surface area contributed by atoms with Crippen LogP contribution >= 0.6 is 11.6 Å². The molecule has 18 heavy (non-hydrogen) atoms. The van der Waals surface area contributed by atoms with Crippen LogP contribution in [0.15, 0.2) is 42.5 Å². The molecule has 2 aromatic carbocycles. The van der Waals surface area contributed by atoms with E-state index in [-0.39, 0.29) is 5.84 Å². The molecular formula is C14H13ClN2O. The molecule has 2 aromatic rings. The third-order valence-electron chi connectivity index (χ3n) is 2.51. The standard InChI is InChI=1S/C14H13ClN2O/c1-9-7-10(14(16)17)5-6-13(9)18-12-4-2-3-11(15)8-12/h2-8H,1H3,(H3,16,17). The Morgan fingerprint density at radius 2 is 2.00 bits per heavy atom. The van der Waals surface area contributed by atoms with Gasteiger partial charge in [0.1, 0.15) is 17.3 Å². The van der Waals surface area contributed by atoms with Crippen LogP contribution in [0.2, 0.25) is 5.02 Å². The maximum absolute atomic E-state index is 7.37. The summed E-state index contributed by atoms with van der Waals surface area (Å²) in [4.78, 5) is 0. The van der Waals surface area contributed by atoms with Gasteiger partial charge in [0.2, 0.25) is 0 Å². The molecule has 0 saturated heterocycles. The van der Waals surface area contributed by atoms with Crippen LogP contribution in [0.1, 0.15) is 11.1 Å². The summed E-state index contributed by atoms with van der Waals surface area (Å²) in [5.74, 6) is 1.45. The van der Waals surface area contributed by atoms with Crippen molar-refractivity contribution in [3.8, 4) is 11.5 Å². The molecular weight excluding hydrogens is 248 g/mol. The second-order valence-corrected chi connectivity index (χ2v) is 4.39. The van der Waals surface area contributed by atoms with Gasteiger partial charge in [-0.2, -0.15) is 0 Å². The van der Waals surface area contributed by atoms with Gasteiger partial charge >= 0.3 is 0 Å². The van der Waals surface area contributed by atoms with Gasteiger partial charge in [0.05, 0.1) is 0 Å². The Morgan fingerprint density at radius 3 is 2.61 bits per heavy atom. The average molecular weight is 261 g/mol. The first-order valence-corrected chi connectivity index (χ1v) is 5.82. The van der Waals surface area contributed by atoms with E-state index in [0.717, 1.165) is 11.3 Å². The lowest BCUT2D eigenvalue weighted by atomic mass is 10.1. The van der Waals surface area contributed by atoms with E-state index >= 15 is 0 Å². The minimum absolute atomic E-state index is 0.0485. The van der Waals surface area contributed by atoms with E-state index < -0.39 is 0 Å². The fourth-order valence-corrected chi connectivity index (χ4v) is 1.77. The summed E-state index contributed by atoms with van der Waals surface area (Å²) < 4.78 is 5.73. The predicted octanol–water partition coefficient (Wildman–Crippen LogP) is 3.72. The maximum atomic E-state index is 7.37. The Kier molecular flexibility index (Phi) is 3.53. The van der Waals surface area contributed by atoms with Crippen molar-refractivity contribution in [3.05, 3.63) is 58.6 Å². The number of nitrogens with two attached hydrogens (primary N) is 1. The number of nitrogen functional groups attached to an aromatic ring is 1. The van der Waals surface area contributed by atoms with Crippen LogP contribution in [0.5, 0.6) is 11.5 Å². The molecule has 2 rings (SSSR count). The second kappa shape index (κ2) is 5.10. The van der Waals surface area contributed by atoms with E-state index in [9.17, 15) is 0 Å². The number of halogens is 1. The van der Waals surface area contributed by atoms with E-state index in [4.69, 9.17) is 27.5 Å². The summed E-state index contributed by atoms with van der Waals surface area (Å²) in [7, 11) is 0. The molecule has 0 unspecified atom stereocenters. The summed E-state index contributed by atoms with van der Waals surface area (Å²) >= 11 is 5.89. The van der Waals surface area contributed by atoms with Crippen LogP contribution in [0, 0.1) is 12.3 Å². The quantitative estimate of drug-likeness (QED) is 0.653. The van der Waals surface area contributed by atoms with E-state index in [2.05, 4.69) is 0 Å². The lowest BCUT2D eigenvalue weighted by Crippen LogP contribution is -2.11. The first kappa shape index (κ1) is 12.5. The number of nitrogens with one attached hydrogen (secondary N) is 1. The van der Waals surface area contributed by atoms with Crippen molar-refractivity contribution in [2.75, 3.05) is 0 Å². The molecule has 0 aliphatic rings. The Balaban J connectivity index is 2.27. The molecule has 0 aliphatic heterocycles. The van der Waals surface area contributed by atoms with Gasteiger partial charge in [-0.05, 0) is 48.9 Å². The molecule has 0 amide bonds. The summed E-state index contributed by atoms with van der Waals surface area (Å²) in [5.41, 5.74) is 7.04. The summed E-state index contributed by atoms with van der Waals surface area (Å²) in [6.45, 7) is 1.91. The van der Waals surface area contributed by atoms with Gasteiger partial charge in [-0.1, -0.05) is 17.7 Å². The van der Waals surface area contributed by atoms with Gasteiger partial charge in [-0.25, -0.2) is 0 Å². The third-order valence-corrected chi connectivity index (χ3v) is 2.74. The number of aryl methyl sites for hydroxylation is 1. The highest BCUT2D eigenvalue weighted by atomic mass is 35.5. The zero-order valence-corrected chi connectivity index (χ0v) is 10.7. The van der Waals surface area contributed by atoms with Crippen LogP contribution in [0.4, 0.5) is 0 Å². The lowest BCUT2D eigenvalue weighted by Gasteiger charge is -2.10. The van der Waals surface area contributed by atoms with Crippen LogP contribution < -0.4 is 10.5 Å². The topological polar surface area (TPSA) is 59.1 Å². The summed E-state index contributed by atoms with van der Waals surface area (Å²) in [6.07, 6.45) is 0. The monoisotopic (exact) mass is 260 g/mol. The van der Waals surface area contributed by atoms with Gasteiger partial charge in [-0.15, -0.1) is 0 Å². The fourth-order valence-electron chi connectivity index (χ4n) is 1.59. The van der Waals surface area contributed by atoms with Crippen LogP contribution in [0.25, 0.3) is 0 Å². The molecule has 4 heteroatoms. The average Bonchev–Trinajstić information content (AvgIpc) is 2.31. The third kappa shape index (κ3) is 2.81. The molecule has 0 saturated carbocycles. The van der Waals surface area contributed by atoms with Gasteiger partial charge < -0.3 is 10.5 Å². The highest BCUT2D eigenvalue weighted by molar-refractivity contribution is 6.30. The normalized spacial score (nSPS) is 10.1. The molecule has 0 aromatic heterocycles. The minimum atomic E-state index is 0.0485. The minimum Gasteiger partial charge on any atom is -0.457 e. The number of benzene rings is 2. The molecule has 0 atom stereocenters. The number of rotatable bonds is 3. The van der Waals surface area contributed by atoms with Crippen molar-refractivity contribution in [2.45, 2.75) is 6.92 Å². The molecule has 0 aliphatic carbocycles. The highest BCUT2D eigenvalue weighted by Crippen LogP contribution is 2.27. The Labute approximate surface area is 111 Å². The van der Waals surface area contributed by atoms with E-state index in [0.29, 0.717) is 16.3 Å². The number of hydrogen-bond acceptors (Lipinski definition) is 2. The van der Waals surface area contributed by atoms with Crippen molar-refractivity contribution in [2.24, 2.45) is 5.73 Å². The van der Waals surface area contributed by atoms with Crippen LogP contribution in [0.3, 0.4) is 0 Å². The van der Waals surface area contributed by atoms with Crippen LogP contribution in [-0.4, -0.2) is 5.84 Å². The Morgan fingerprint density at radius 1 is 1.22 bits per heavy atom. The largest absolute Gasteiger partial charge is 0.457 e.